The lowest BCUT2D eigenvalue weighted by Gasteiger charge is -2.32. The SMILES string of the molecule is C[C@@H]1CN(c2ccc(CNc3nc4ccccc4o3)cn2)CCO1. The highest BCUT2D eigenvalue weighted by molar-refractivity contribution is 5.74. The molecule has 0 amide bonds. The molecule has 1 saturated heterocycles. The molecular weight excluding hydrogens is 304 g/mol. The summed E-state index contributed by atoms with van der Waals surface area (Å²) in [5.74, 6) is 0.996. The summed E-state index contributed by atoms with van der Waals surface area (Å²) in [6.45, 7) is 5.24. The Hall–Kier alpha value is -2.60. The molecule has 124 valence electrons. The van der Waals surface area contributed by atoms with E-state index in [0.29, 0.717) is 12.6 Å². The molecule has 1 fully saturated rings. The minimum atomic E-state index is 0.251. The Morgan fingerprint density at radius 1 is 1.25 bits per heavy atom. The van der Waals surface area contributed by atoms with Crippen LogP contribution >= 0.6 is 0 Å². The first-order valence-electron chi connectivity index (χ1n) is 8.19. The van der Waals surface area contributed by atoms with Crippen molar-refractivity contribution in [1.82, 2.24) is 9.97 Å². The summed E-state index contributed by atoms with van der Waals surface area (Å²) < 4.78 is 11.2. The molecule has 1 aliphatic rings. The zero-order chi connectivity index (χ0) is 16.4. The average Bonchev–Trinajstić information content (AvgIpc) is 3.03. The Balaban J connectivity index is 1.40. The molecule has 0 aliphatic carbocycles. The van der Waals surface area contributed by atoms with Crippen LogP contribution in [-0.4, -0.2) is 35.8 Å². The first kappa shape index (κ1) is 15.0. The Labute approximate surface area is 140 Å². The van der Waals surface area contributed by atoms with Crippen LogP contribution in [0.3, 0.4) is 0 Å². The molecule has 0 unspecified atom stereocenters. The zero-order valence-electron chi connectivity index (χ0n) is 13.6. The highest BCUT2D eigenvalue weighted by Gasteiger charge is 2.17. The van der Waals surface area contributed by atoms with Crippen LogP contribution in [0, 0.1) is 0 Å². The van der Waals surface area contributed by atoms with E-state index < -0.39 is 0 Å². The van der Waals surface area contributed by atoms with Gasteiger partial charge in [-0.15, -0.1) is 0 Å². The topological polar surface area (TPSA) is 63.4 Å². The van der Waals surface area contributed by atoms with E-state index in [0.717, 1.165) is 42.2 Å². The lowest BCUT2D eigenvalue weighted by molar-refractivity contribution is 0.0529. The molecule has 1 aromatic carbocycles. The number of hydrogen-bond donors (Lipinski definition) is 1. The smallest absolute Gasteiger partial charge is 0.295 e. The Bertz CT molecular complexity index is 782. The van der Waals surface area contributed by atoms with Gasteiger partial charge in [0.1, 0.15) is 11.3 Å². The van der Waals surface area contributed by atoms with E-state index >= 15 is 0 Å². The van der Waals surface area contributed by atoms with Crippen molar-refractivity contribution in [3.05, 3.63) is 48.2 Å². The highest BCUT2D eigenvalue weighted by Crippen LogP contribution is 2.19. The highest BCUT2D eigenvalue weighted by atomic mass is 16.5. The zero-order valence-corrected chi connectivity index (χ0v) is 13.6. The van der Waals surface area contributed by atoms with Crippen LogP contribution < -0.4 is 10.2 Å². The van der Waals surface area contributed by atoms with Gasteiger partial charge >= 0.3 is 0 Å². The van der Waals surface area contributed by atoms with Gasteiger partial charge in [0, 0.05) is 25.8 Å². The number of aromatic nitrogens is 2. The summed E-state index contributed by atoms with van der Waals surface area (Å²) >= 11 is 0. The number of hydrogen-bond acceptors (Lipinski definition) is 6. The second-order valence-electron chi connectivity index (χ2n) is 5.99. The van der Waals surface area contributed by atoms with Crippen molar-refractivity contribution in [3.63, 3.8) is 0 Å². The van der Waals surface area contributed by atoms with Crippen molar-refractivity contribution >= 4 is 22.9 Å². The van der Waals surface area contributed by atoms with Gasteiger partial charge in [-0.05, 0) is 30.7 Å². The Morgan fingerprint density at radius 2 is 2.17 bits per heavy atom. The summed E-state index contributed by atoms with van der Waals surface area (Å²) in [6, 6.07) is 12.4. The van der Waals surface area contributed by atoms with E-state index in [-0.39, 0.29) is 6.10 Å². The van der Waals surface area contributed by atoms with Gasteiger partial charge in [-0.3, -0.25) is 0 Å². The van der Waals surface area contributed by atoms with Crippen LogP contribution in [0.25, 0.3) is 11.1 Å². The van der Waals surface area contributed by atoms with Crippen molar-refractivity contribution in [1.29, 1.82) is 0 Å². The molecule has 24 heavy (non-hydrogen) atoms. The molecule has 1 N–H and O–H groups in total. The fourth-order valence-electron chi connectivity index (χ4n) is 2.86. The second kappa shape index (κ2) is 6.49. The predicted molar refractivity (Wildman–Crippen MR) is 93.2 cm³/mol. The minimum Gasteiger partial charge on any atom is -0.424 e. The number of nitrogens with one attached hydrogen (secondary N) is 1. The molecule has 2 aromatic heterocycles. The van der Waals surface area contributed by atoms with Gasteiger partial charge in [0.2, 0.25) is 0 Å². The molecule has 0 radical (unpaired) electrons. The maximum Gasteiger partial charge on any atom is 0.295 e. The number of nitrogens with zero attached hydrogens (tertiary/aromatic N) is 3. The molecule has 6 nitrogen and oxygen atoms in total. The lowest BCUT2D eigenvalue weighted by atomic mass is 10.2. The van der Waals surface area contributed by atoms with E-state index in [1.54, 1.807) is 0 Å². The first-order valence-corrected chi connectivity index (χ1v) is 8.19. The lowest BCUT2D eigenvalue weighted by Crippen LogP contribution is -2.41. The molecule has 1 aliphatic heterocycles. The molecule has 3 heterocycles. The van der Waals surface area contributed by atoms with Gasteiger partial charge in [-0.1, -0.05) is 18.2 Å². The van der Waals surface area contributed by atoms with E-state index in [1.165, 1.54) is 0 Å². The largest absolute Gasteiger partial charge is 0.424 e. The quantitative estimate of drug-likeness (QED) is 0.796. The van der Waals surface area contributed by atoms with Crippen molar-refractivity contribution in [3.8, 4) is 0 Å². The number of fused-ring (bicyclic) bond motifs is 1. The van der Waals surface area contributed by atoms with Gasteiger partial charge in [-0.2, -0.15) is 4.98 Å². The number of ether oxygens (including phenoxy) is 1. The monoisotopic (exact) mass is 324 g/mol. The fourth-order valence-corrected chi connectivity index (χ4v) is 2.86. The summed E-state index contributed by atoms with van der Waals surface area (Å²) in [6.07, 6.45) is 2.14. The molecule has 0 spiro atoms. The molecule has 0 bridgehead atoms. The summed E-state index contributed by atoms with van der Waals surface area (Å²) in [5, 5.41) is 3.21. The molecular formula is C18H20N4O2. The molecule has 1 atom stereocenters. The standard InChI is InChI=1S/C18H20N4O2/c1-13-12-22(8-9-23-13)17-7-6-14(10-19-17)11-20-18-21-15-4-2-3-5-16(15)24-18/h2-7,10,13H,8-9,11-12H2,1H3,(H,20,21)/t13-/m1/s1. The Morgan fingerprint density at radius 3 is 2.96 bits per heavy atom. The van der Waals surface area contributed by atoms with Crippen molar-refractivity contribution in [2.45, 2.75) is 19.6 Å². The summed E-state index contributed by atoms with van der Waals surface area (Å²) in [5.41, 5.74) is 2.73. The number of benzene rings is 1. The third-order valence-corrected chi connectivity index (χ3v) is 4.11. The first-order chi connectivity index (χ1) is 11.8. The van der Waals surface area contributed by atoms with Crippen LogP contribution in [0.15, 0.2) is 47.0 Å². The Kier molecular flexibility index (Phi) is 4.04. The number of para-hydroxylation sites is 2. The number of morpholine rings is 1. The van der Waals surface area contributed by atoms with Crippen LogP contribution in [0.2, 0.25) is 0 Å². The molecule has 0 saturated carbocycles. The van der Waals surface area contributed by atoms with E-state index in [9.17, 15) is 0 Å². The van der Waals surface area contributed by atoms with Crippen LogP contribution in [0.1, 0.15) is 12.5 Å². The van der Waals surface area contributed by atoms with E-state index in [1.807, 2.05) is 30.5 Å². The van der Waals surface area contributed by atoms with E-state index in [2.05, 4.69) is 39.2 Å². The van der Waals surface area contributed by atoms with E-state index in [4.69, 9.17) is 9.15 Å². The van der Waals surface area contributed by atoms with Gasteiger partial charge < -0.3 is 19.4 Å². The maximum absolute atomic E-state index is 5.66. The number of rotatable bonds is 4. The second-order valence-corrected chi connectivity index (χ2v) is 5.99. The van der Waals surface area contributed by atoms with Crippen molar-refractivity contribution in [2.75, 3.05) is 29.9 Å². The van der Waals surface area contributed by atoms with Gasteiger partial charge in [0.15, 0.2) is 5.58 Å². The predicted octanol–water partition coefficient (Wildman–Crippen LogP) is 3.06. The molecule has 3 aromatic rings. The number of oxazole rings is 1. The van der Waals surface area contributed by atoms with Gasteiger partial charge in [-0.25, -0.2) is 4.98 Å². The van der Waals surface area contributed by atoms with Crippen LogP contribution in [0.4, 0.5) is 11.8 Å². The third-order valence-electron chi connectivity index (χ3n) is 4.11. The van der Waals surface area contributed by atoms with Crippen molar-refractivity contribution < 1.29 is 9.15 Å². The number of anilines is 2. The van der Waals surface area contributed by atoms with Crippen molar-refractivity contribution in [2.24, 2.45) is 0 Å². The third kappa shape index (κ3) is 3.19. The molecule has 4 rings (SSSR count). The maximum atomic E-state index is 5.66. The normalized spacial score (nSPS) is 18.0. The summed E-state index contributed by atoms with van der Waals surface area (Å²) in [7, 11) is 0. The fraction of sp³-hybridized carbons (Fsp3) is 0.333. The average molecular weight is 324 g/mol. The van der Waals surface area contributed by atoms with Gasteiger partial charge in [0.25, 0.3) is 6.01 Å². The minimum absolute atomic E-state index is 0.251. The van der Waals surface area contributed by atoms with Gasteiger partial charge in [0.05, 0.1) is 12.7 Å². The summed E-state index contributed by atoms with van der Waals surface area (Å²) in [4.78, 5) is 11.2. The van der Waals surface area contributed by atoms with Crippen LogP contribution in [-0.2, 0) is 11.3 Å². The number of pyridine rings is 1. The van der Waals surface area contributed by atoms with Crippen LogP contribution in [0.5, 0.6) is 0 Å². The molecule has 6 heteroatoms.